The van der Waals surface area contributed by atoms with Gasteiger partial charge in [0.05, 0.1) is 0 Å². The van der Waals surface area contributed by atoms with Gasteiger partial charge in [-0.05, 0) is 24.4 Å². The highest BCUT2D eigenvalue weighted by Gasteiger charge is 1.87. The van der Waals surface area contributed by atoms with Crippen LogP contribution >= 0.6 is 24.8 Å². The van der Waals surface area contributed by atoms with E-state index < -0.39 is 0 Å². The number of aromatic nitrogens is 1. The van der Waals surface area contributed by atoms with Crippen LogP contribution in [0, 0.1) is 0 Å². The van der Waals surface area contributed by atoms with Crippen molar-refractivity contribution < 1.29 is 4.84 Å². The van der Waals surface area contributed by atoms with E-state index in [-0.39, 0.29) is 4.38 Å². The van der Waals surface area contributed by atoms with Crippen molar-refractivity contribution in [3.05, 3.63) is 24.5 Å². The Morgan fingerprint density at radius 1 is 1.44 bits per heavy atom. The molecule has 0 aromatic carbocycles. The summed E-state index contributed by atoms with van der Waals surface area (Å²) < 4.78 is 1.70. The van der Waals surface area contributed by atoms with Crippen LogP contribution in [0.3, 0.4) is 0 Å². The minimum absolute atomic E-state index is 0.214. The third kappa shape index (κ3) is 2.07. The molecule has 1 aromatic heterocycles. The number of hydrogen-bond acceptors (Lipinski definition) is 2. The van der Waals surface area contributed by atoms with Crippen LogP contribution < -0.4 is 4.84 Å². The van der Waals surface area contributed by atoms with E-state index in [0.717, 1.165) is 0 Å². The van der Waals surface area contributed by atoms with Gasteiger partial charge in [0.25, 0.3) is 0 Å². The molecule has 1 aromatic rings. The van der Waals surface area contributed by atoms with Crippen LogP contribution in [-0.4, -0.2) is 9.11 Å². The third-order valence-electron chi connectivity index (χ3n) is 0.761. The molecule has 1 heterocycles. The molecule has 0 fully saturated rings. The molecule has 0 atom stereocenters. The van der Waals surface area contributed by atoms with Gasteiger partial charge in [-0.3, -0.25) is 0 Å². The van der Waals surface area contributed by atoms with Gasteiger partial charge in [0.2, 0.25) is 4.38 Å². The van der Waals surface area contributed by atoms with Gasteiger partial charge in [0, 0.05) is 12.4 Å². The zero-order valence-electron chi connectivity index (χ0n) is 4.52. The van der Waals surface area contributed by atoms with E-state index >= 15 is 0 Å². The molecule has 0 spiro atoms. The molecule has 4 heteroatoms. The summed E-state index contributed by atoms with van der Waals surface area (Å²) in [6.45, 7) is 0. The Balaban J connectivity index is 2.58. The Morgan fingerprint density at radius 3 is 2.44 bits per heavy atom. The van der Waals surface area contributed by atoms with Gasteiger partial charge >= 0.3 is 0 Å². The first-order valence-corrected chi connectivity index (χ1v) is 3.19. The third-order valence-corrected chi connectivity index (χ3v) is 0.917. The molecule has 0 bridgehead atoms. The molecule has 1 rings (SSSR count). The molecule has 0 aliphatic heterocycles. The summed E-state index contributed by atoms with van der Waals surface area (Å²) >= 11 is 8.34. The molecule has 0 radical (unpaired) electrons. The van der Waals surface area contributed by atoms with Gasteiger partial charge in [-0.25, -0.2) is 0 Å². The molecule has 9 heavy (non-hydrogen) atoms. The van der Waals surface area contributed by atoms with Crippen molar-refractivity contribution in [1.82, 2.24) is 4.73 Å². The van der Waals surface area contributed by atoms with Gasteiger partial charge in [-0.2, -0.15) is 4.73 Å². The molecular weight excluding hydrogens is 154 g/mol. The quantitative estimate of drug-likeness (QED) is 0.488. The van der Waals surface area contributed by atoms with Crippen LogP contribution in [-0.2, 0) is 0 Å². The van der Waals surface area contributed by atoms with Gasteiger partial charge in [-0.1, -0.05) is 12.6 Å². The van der Waals surface area contributed by atoms with Crippen molar-refractivity contribution in [2.45, 2.75) is 0 Å². The molecule has 0 aliphatic rings. The Kier molecular flexibility index (Phi) is 2.13. The van der Waals surface area contributed by atoms with Gasteiger partial charge < -0.3 is 4.84 Å². The number of nitrogens with zero attached hydrogens (tertiary/aromatic N) is 1. The highest BCUT2D eigenvalue weighted by atomic mass is 32.1. The van der Waals surface area contributed by atoms with Crippen LogP contribution in [0.15, 0.2) is 24.5 Å². The number of rotatable bonds is 1. The van der Waals surface area contributed by atoms with Crippen molar-refractivity contribution >= 4 is 29.2 Å². The first-order valence-electron chi connectivity index (χ1n) is 2.33. The maximum Gasteiger partial charge on any atom is 0.250 e. The summed E-state index contributed by atoms with van der Waals surface area (Å²) in [6.07, 6.45) is 3.48. The molecule has 2 nitrogen and oxygen atoms in total. The van der Waals surface area contributed by atoms with E-state index in [1.807, 2.05) is 12.1 Å². The fourth-order valence-corrected chi connectivity index (χ4v) is 0.650. The van der Waals surface area contributed by atoms with E-state index in [0.29, 0.717) is 0 Å². The van der Waals surface area contributed by atoms with Crippen LogP contribution in [0.5, 0.6) is 0 Å². The Labute approximate surface area is 63.8 Å². The van der Waals surface area contributed by atoms with Crippen molar-refractivity contribution in [1.29, 1.82) is 0 Å². The second-order valence-electron chi connectivity index (χ2n) is 1.40. The van der Waals surface area contributed by atoms with E-state index in [1.54, 1.807) is 12.4 Å². The lowest BCUT2D eigenvalue weighted by atomic mass is 10.7. The van der Waals surface area contributed by atoms with Crippen molar-refractivity contribution in [3.63, 3.8) is 0 Å². The fourth-order valence-electron chi connectivity index (χ4n) is 0.470. The zero-order valence-corrected chi connectivity index (χ0v) is 6.23. The Morgan fingerprint density at radius 2 is 2.00 bits per heavy atom. The standard InChI is InChI=1S/C5H5NOS2/c8-5(9)7-6-3-1-2-4-6/h1-4H,(H,8,9). The maximum atomic E-state index is 4.87. The van der Waals surface area contributed by atoms with E-state index in [1.165, 1.54) is 4.73 Å². The summed E-state index contributed by atoms with van der Waals surface area (Å²) in [4.78, 5) is 4.87. The average Bonchev–Trinajstić information content (AvgIpc) is 2.15. The minimum atomic E-state index is 0.214. The first kappa shape index (κ1) is 6.64. The first-order chi connectivity index (χ1) is 4.29. The highest BCUT2D eigenvalue weighted by molar-refractivity contribution is 8.10. The van der Waals surface area contributed by atoms with Crippen LogP contribution in [0.25, 0.3) is 0 Å². The molecule has 0 amide bonds. The minimum Gasteiger partial charge on any atom is -0.357 e. The predicted octanol–water partition coefficient (Wildman–Crippen LogP) is 1.13. The average molecular weight is 159 g/mol. The Bertz CT molecular complexity index is 195. The van der Waals surface area contributed by atoms with E-state index in [4.69, 9.17) is 4.84 Å². The molecule has 48 valence electrons. The molecular formula is C5H5NOS2. The van der Waals surface area contributed by atoms with E-state index in [9.17, 15) is 0 Å². The largest absolute Gasteiger partial charge is 0.357 e. The van der Waals surface area contributed by atoms with Crippen LogP contribution in [0.4, 0.5) is 0 Å². The van der Waals surface area contributed by atoms with E-state index in [2.05, 4.69) is 24.8 Å². The van der Waals surface area contributed by atoms with Crippen molar-refractivity contribution in [3.8, 4) is 0 Å². The van der Waals surface area contributed by atoms with Crippen molar-refractivity contribution in [2.75, 3.05) is 0 Å². The molecule has 0 N–H and O–H groups in total. The summed E-state index contributed by atoms with van der Waals surface area (Å²) in [5.74, 6) is 0. The zero-order chi connectivity index (χ0) is 6.69. The lowest BCUT2D eigenvalue weighted by Crippen LogP contribution is -2.10. The number of thiol groups is 1. The molecule has 0 saturated heterocycles. The molecule has 0 saturated carbocycles. The highest BCUT2D eigenvalue weighted by Crippen LogP contribution is 1.88. The normalized spacial score (nSPS) is 9.00. The summed E-state index contributed by atoms with van der Waals surface area (Å²) in [7, 11) is 0. The number of thiocarbonyl (C=S) groups is 1. The van der Waals surface area contributed by atoms with Gasteiger partial charge in [-0.15, -0.1) is 0 Å². The SMILES string of the molecule is S=C(S)On1cccc1. The predicted molar refractivity (Wildman–Crippen MR) is 42.6 cm³/mol. The Hall–Kier alpha value is -0.480. The molecule has 0 aliphatic carbocycles. The van der Waals surface area contributed by atoms with Crippen LogP contribution in [0.1, 0.15) is 0 Å². The second kappa shape index (κ2) is 2.89. The summed E-state index contributed by atoms with van der Waals surface area (Å²) in [6, 6.07) is 3.68. The van der Waals surface area contributed by atoms with Gasteiger partial charge in [0.15, 0.2) is 0 Å². The van der Waals surface area contributed by atoms with Crippen LogP contribution in [0.2, 0.25) is 0 Å². The second-order valence-corrected chi connectivity index (χ2v) is 2.48. The molecule has 0 unspecified atom stereocenters. The summed E-state index contributed by atoms with van der Waals surface area (Å²) in [5.41, 5.74) is 0. The number of hydrogen-bond donors (Lipinski definition) is 1. The smallest absolute Gasteiger partial charge is 0.250 e. The van der Waals surface area contributed by atoms with Crippen molar-refractivity contribution in [2.24, 2.45) is 0 Å². The monoisotopic (exact) mass is 159 g/mol. The fraction of sp³-hybridized carbons (Fsp3) is 0. The lowest BCUT2D eigenvalue weighted by Gasteiger charge is -1.99. The summed E-state index contributed by atoms with van der Waals surface area (Å²) in [5, 5.41) is 0. The van der Waals surface area contributed by atoms with Gasteiger partial charge in [0.1, 0.15) is 0 Å². The lowest BCUT2D eigenvalue weighted by molar-refractivity contribution is 0.279. The topological polar surface area (TPSA) is 14.2 Å². The maximum absolute atomic E-state index is 4.87.